The molecule has 1 aliphatic heterocycles. The fraction of sp³-hybridized carbons (Fsp3) is 0.176. The smallest absolute Gasteiger partial charge is 0.316 e. The largest absolute Gasteiger partial charge is 0.459 e. The quantitative estimate of drug-likeness (QED) is 0.620. The van der Waals surface area contributed by atoms with Gasteiger partial charge in [-0.25, -0.2) is 0 Å². The van der Waals surface area contributed by atoms with Crippen LogP contribution in [0.3, 0.4) is 0 Å². The number of carbonyl (C=O) groups is 2. The maximum absolute atomic E-state index is 12.1. The van der Waals surface area contributed by atoms with E-state index < -0.39 is 5.91 Å². The maximum atomic E-state index is 12.1. The minimum Gasteiger partial charge on any atom is -0.459 e. The molecular weight excluding hydrogens is 356 g/mol. The average Bonchev–Trinajstić information content (AvgIpc) is 3.44. The van der Waals surface area contributed by atoms with E-state index in [4.69, 9.17) is 18.4 Å². The summed E-state index contributed by atoms with van der Waals surface area (Å²) in [4.78, 5) is 27.8. The molecule has 2 aromatic heterocycles. The van der Waals surface area contributed by atoms with Gasteiger partial charge < -0.3 is 29.0 Å². The number of ether oxygens (including phenoxy) is 2. The van der Waals surface area contributed by atoms with Crippen molar-refractivity contribution < 1.29 is 28.0 Å². The lowest BCUT2D eigenvalue weighted by Crippen LogP contribution is -2.34. The zero-order valence-corrected chi connectivity index (χ0v) is 13.9. The Morgan fingerprint density at radius 2 is 1.85 bits per heavy atom. The highest BCUT2D eigenvalue weighted by molar-refractivity contribution is 5.91. The molecule has 4 rings (SSSR count). The molecule has 0 saturated heterocycles. The van der Waals surface area contributed by atoms with Crippen molar-refractivity contribution in [2.75, 3.05) is 19.9 Å². The molecule has 0 radical (unpaired) electrons. The molecule has 2 amide bonds. The summed E-state index contributed by atoms with van der Waals surface area (Å²) in [6.45, 7) is 0.566. The van der Waals surface area contributed by atoms with Gasteiger partial charge in [0.2, 0.25) is 12.6 Å². The van der Waals surface area contributed by atoms with Crippen molar-refractivity contribution in [2.45, 2.75) is 0 Å². The first-order chi connectivity index (χ1) is 13.2. The van der Waals surface area contributed by atoms with Crippen molar-refractivity contribution in [2.24, 2.45) is 0 Å². The zero-order chi connectivity index (χ0) is 18.6. The van der Waals surface area contributed by atoms with E-state index in [0.29, 0.717) is 17.1 Å². The molecule has 2 N–H and O–H groups in total. The lowest BCUT2D eigenvalue weighted by atomic mass is 10.2. The molecule has 0 aliphatic carbocycles. The lowest BCUT2D eigenvalue weighted by molar-refractivity contribution is 0.0891. The van der Waals surface area contributed by atoms with Crippen LogP contribution in [-0.4, -0.2) is 41.8 Å². The number of amides is 2. The number of aromatic nitrogens is 2. The molecule has 0 atom stereocenters. The number of furan rings is 1. The summed E-state index contributed by atoms with van der Waals surface area (Å²) in [5, 5.41) is 8.99. The summed E-state index contributed by atoms with van der Waals surface area (Å²) in [7, 11) is 0. The van der Waals surface area contributed by atoms with Gasteiger partial charge >= 0.3 is 11.8 Å². The Kier molecular flexibility index (Phi) is 4.44. The van der Waals surface area contributed by atoms with Crippen LogP contribution in [0.1, 0.15) is 21.2 Å². The van der Waals surface area contributed by atoms with Crippen LogP contribution < -0.4 is 20.1 Å². The Labute approximate surface area is 152 Å². The Hall–Kier alpha value is -3.82. The highest BCUT2D eigenvalue weighted by Gasteiger charge is 2.19. The highest BCUT2D eigenvalue weighted by Crippen LogP contribution is 2.35. The topological polar surface area (TPSA) is 129 Å². The van der Waals surface area contributed by atoms with Crippen LogP contribution in [0, 0.1) is 0 Å². The number of fused-ring (bicyclic) bond motifs is 1. The maximum Gasteiger partial charge on any atom is 0.316 e. The van der Waals surface area contributed by atoms with Gasteiger partial charge in [0, 0.05) is 18.7 Å². The van der Waals surface area contributed by atoms with Gasteiger partial charge in [-0.3, -0.25) is 9.59 Å². The summed E-state index contributed by atoms with van der Waals surface area (Å²) in [5.41, 5.74) is 0.632. The van der Waals surface area contributed by atoms with Crippen molar-refractivity contribution in [3.63, 3.8) is 0 Å². The summed E-state index contributed by atoms with van der Waals surface area (Å²) in [6, 6.07) is 8.34. The number of benzene rings is 1. The average molecular weight is 370 g/mol. The van der Waals surface area contributed by atoms with Crippen molar-refractivity contribution in [3.8, 4) is 22.9 Å². The Balaban J connectivity index is 1.30. The fourth-order valence-electron chi connectivity index (χ4n) is 2.39. The van der Waals surface area contributed by atoms with E-state index in [1.807, 2.05) is 0 Å². The molecule has 3 heterocycles. The second-order valence-electron chi connectivity index (χ2n) is 5.48. The molecule has 10 nitrogen and oxygen atoms in total. The predicted octanol–water partition coefficient (Wildman–Crippen LogP) is 1.22. The van der Waals surface area contributed by atoms with E-state index in [-0.39, 0.29) is 43.3 Å². The molecule has 0 saturated carbocycles. The molecule has 0 bridgehead atoms. The van der Waals surface area contributed by atoms with Crippen LogP contribution in [-0.2, 0) is 0 Å². The third kappa shape index (κ3) is 3.59. The first kappa shape index (κ1) is 16.6. The van der Waals surface area contributed by atoms with Crippen LogP contribution in [0.4, 0.5) is 0 Å². The fourth-order valence-corrected chi connectivity index (χ4v) is 2.39. The van der Waals surface area contributed by atoms with E-state index in [1.54, 1.807) is 30.3 Å². The van der Waals surface area contributed by atoms with Gasteiger partial charge in [0.05, 0.1) is 6.26 Å². The number of nitrogens with zero attached hydrogens (tertiary/aromatic N) is 2. The minimum atomic E-state index is -0.540. The van der Waals surface area contributed by atoms with Crippen molar-refractivity contribution in [1.82, 2.24) is 20.8 Å². The van der Waals surface area contributed by atoms with Gasteiger partial charge in [-0.1, -0.05) is 5.16 Å². The van der Waals surface area contributed by atoms with Crippen molar-refractivity contribution in [1.29, 1.82) is 0 Å². The standard InChI is InChI=1S/C17H14N4O6/c22-15(12-2-1-7-24-12)18-5-6-19-16(23)17-20-14(21-27-17)10-3-4-11-13(8-10)26-9-25-11/h1-4,7-8H,5-6,9H2,(H,18,22)(H,19,23). The van der Waals surface area contributed by atoms with Crippen LogP contribution in [0.5, 0.6) is 11.5 Å². The molecule has 1 aliphatic rings. The van der Waals surface area contributed by atoms with Crippen LogP contribution >= 0.6 is 0 Å². The highest BCUT2D eigenvalue weighted by atomic mass is 16.7. The van der Waals surface area contributed by atoms with Gasteiger partial charge in [0.15, 0.2) is 17.3 Å². The summed E-state index contributed by atoms with van der Waals surface area (Å²) in [6.07, 6.45) is 1.41. The number of hydrogen-bond donors (Lipinski definition) is 2. The molecule has 138 valence electrons. The van der Waals surface area contributed by atoms with Crippen molar-refractivity contribution >= 4 is 11.8 Å². The number of hydrogen-bond acceptors (Lipinski definition) is 8. The number of carbonyl (C=O) groups excluding carboxylic acids is 2. The summed E-state index contributed by atoms with van der Waals surface area (Å²) >= 11 is 0. The SMILES string of the molecule is O=C(NCCNC(=O)c1nc(-c2ccc3c(c2)OCO3)no1)c1ccco1. The molecule has 1 aromatic carbocycles. The molecule has 27 heavy (non-hydrogen) atoms. The van der Waals surface area contributed by atoms with Gasteiger partial charge in [-0.2, -0.15) is 4.98 Å². The summed E-state index contributed by atoms with van der Waals surface area (Å²) < 4.78 is 20.5. The zero-order valence-electron chi connectivity index (χ0n) is 13.9. The van der Waals surface area contributed by atoms with E-state index >= 15 is 0 Å². The Morgan fingerprint density at radius 3 is 2.67 bits per heavy atom. The Morgan fingerprint density at radius 1 is 1.04 bits per heavy atom. The van der Waals surface area contributed by atoms with Gasteiger partial charge in [0.25, 0.3) is 5.91 Å². The number of rotatable bonds is 6. The monoisotopic (exact) mass is 370 g/mol. The molecule has 0 spiro atoms. The normalized spacial score (nSPS) is 12.0. The predicted molar refractivity (Wildman–Crippen MR) is 89.2 cm³/mol. The van der Waals surface area contributed by atoms with Crippen LogP contribution in [0.2, 0.25) is 0 Å². The van der Waals surface area contributed by atoms with Crippen LogP contribution in [0.15, 0.2) is 45.5 Å². The third-order valence-electron chi connectivity index (χ3n) is 3.69. The second-order valence-corrected chi connectivity index (χ2v) is 5.48. The molecule has 0 fully saturated rings. The minimum absolute atomic E-state index is 0.162. The Bertz CT molecular complexity index is 966. The molecule has 3 aromatic rings. The van der Waals surface area contributed by atoms with Gasteiger partial charge in [-0.15, -0.1) is 0 Å². The van der Waals surface area contributed by atoms with Gasteiger partial charge in [-0.05, 0) is 30.3 Å². The lowest BCUT2D eigenvalue weighted by Gasteiger charge is -2.03. The van der Waals surface area contributed by atoms with E-state index in [2.05, 4.69) is 20.8 Å². The third-order valence-corrected chi connectivity index (χ3v) is 3.69. The van der Waals surface area contributed by atoms with Crippen molar-refractivity contribution in [3.05, 3.63) is 48.2 Å². The van der Waals surface area contributed by atoms with E-state index in [0.717, 1.165) is 0 Å². The van der Waals surface area contributed by atoms with E-state index in [1.165, 1.54) is 6.26 Å². The van der Waals surface area contributed by atoms with E-state index in [9.17, 15) is 9.59 Å². The number of nitrogens with one attached hydrogen (secondary N) is 2. The molecule has 10 heteroatoms. The first-order valence-electron chi connectivity index (χ1n) is 8.04. The van der Waals surface area contributed by atoms with Crippen LogP contribution in [0.25, 0.3) is 11.4 Å². The second kappa shape index (κ2) is 7.20. The molecular formula is C17H14N4O6. The first-order valence-corrected chi connectivity index (χ1v) is 8.04. The summed E-state index contributed by atoms with van der Waals surface area (Å²) in [5.74, 6) is 0.586. The molecule has 0 unspecified atom stereocenters. The van der Waals surface area contributed by atoms with Gasteiger partial charge in [0.1, 0.15) is 0 Å².